The van der Waals surface area contributed by atoms with E-state index in [9.17, 15) is 18.0 Å². The lowest BCUT2D eigenvalue weighted by Gasteiger charge is -2.06. The SMILES string of the molecule is N#C/C(=C\c1ccc(SC(F)(F)F)cc1)C(=O)NCc1ccccc1. The van der Waals surface area contributed by atoms with Crippen molar-refractivity contribution in [2.24, 2.45) is 0 Å². The Morgan fingerprint density at radius 1 is 1.12 bits per heavy atom. The molecule has 0 saturated heterocycles. The fourth-order valence-corrected chi connectivity index (χ4v) is 2.49. The van der Waals surface area contributed by atoms with E-state index in [4.69, 9.17) is 5.26 Å². The molecule has 3 nitrogen and oxygen atoms in total. The second-order valence-electron chi connectivity index (χ2n) is 4.95. The average molecular weight is 362 g/mol. The summed E-state index contributed by atoms with van der Waals surface area (Å²) >= 11 is -0.219. The predicted molar refractivity (Wildman–Crippen MR) is 90.2 cm³/mol. The molecule has 2 rings (SSSR count). The number of nitrogens with zero attached hydrogens (tertiary/aromatic N) is 1. The van der Waals surface area contributed by atoms with E-state index in [1.807, 2.05) is 30.3 Å². The van der Waals surface area contributed by atoms with E-state index >= 15 is 0 Å². The summed E-state index contributed by atoms with van der Waals surface area (Å²) in [4.78, 5) is 12.1. The van der Waals surface area contributed by atoms with Crippen LogP contribution in [0.25, 0.3) is 6.08 Å². The molecule has 0 aromatic heterocycles. The molecule has 0 aliphatic rings. The molecule has 0 radical (unpaired) electrons. The van der Waals surface area contributed by atoms with E-state index in [1.165, 1.54) is 30.3 Å². The zero-order chi connectivity index (χ0) is 18.3. The first kappa shape index (κ1) is 18.6. The largest absolute Gasteiger partial charge is 0.446 e. The smallest absolute Gasteiger partial charge is 0.347 e. The maximum atomic E-state index is 12.3. The molecular weight excluding hydrogens is 349 g/mol. The molecule has 0 aliphatic carbocycles. The molecule has 0 heterocycles. The van der Waals surface area contributed by atoms with Crippen LogP contribution in [0.5, 0.6) is 0 Å². The Labute approximate surface area is 147 Å². The van der Waals surface area contributed by atoms with Gasteiger partial charge in [0.25, 0.3) is 5.91 Å². The Bertz CT molecular complexity index is 794. The van der Waals surface area contributed by atoms with Gasteiger partial charge in [0.05, 0.1) is 0 Å². The molecule has 0 aliphatic heterocycles. The number of hydrogen-bond donors (Lipinski definition) is 1. The average Bonchev–Trinajstić information content (AvgIpc) is 2.58. The van der Waals surface area contributed by atoms with Crippen LogP contribution in [0.1, 0.15) is 11.1 Å². The summed E-state index contributed by atoms with van der Waals surface area (Å²) in [5, 5.41) is 11.8. The van der Waals surface area contributed by atoms with Crippen LogP contribution in [0, 0.1) is 11.3 Å². The number of alkyl halides is 3. The number of nitriles is 1. The summed E-state index contributed by atoms with van der Waals surface area (Å²) in [5.74, 6) is -0.542. The van der Waals surface area contributed by atoms with Gasteiger partial charge in [0, 0.05) is 11.4 Å². The second kappa shape index (κ2) is 8.40. The van der Waals surface area contributed by atoms with Crippen LogP contribution in [0.4, 0.5) is 13.2 Å². The predicted octanol–water partition coefficient (Wildman–Crippen LogP) is 4.52. The Kier molecular flexibility index (Phi) is 6.25. The van der Waals surface area contributed by atoms with Crippen LogP contribution >= 0.6 is 11.8 Å². The number of halogens is 3. The summed E-state index contributed by atoms with van der Waals surface area (Å²) in [6, 6.07) is 16.4. The molecule has 1 amide bonds. The van der Waals surface area contributed by atoms with Crippen molar-refractivity contribution >= 4 is 23.7 Å². The van der Waals surface area contributed by atoms with Gasteiger partial charge in [0.1, 0.15) is 11.6 Å². The van der Waals surface area contributed by atoms with Crippen molar-refractivity contribution in [3.8, 4) is 6.07 Å². The summed E-state index contributed by atoms with van der Waals surface area (Å²) in [7, 11) is 0. The third-order valence-electron chi connectivity index (χ3n) is 3.09. The number of nitrogens with one attached hydrogen (secondary N) is 1. The quantitative estimate of drug-likeness (QED) is 0.483. The van der Waals surface area contributed by atoms with Crippen molar-refractivity contribution in [2.75, 3.05) is 0 Å². The third kappa shape index (κ3) is 6.36. The van der Waals surface area contributed by atoms with E-state index in [-0.39, 0.29) is 28.8 Å². The van der Waals surface area contributed by atoms with Crippen LogP contribution in [-0.4, -0.2) is 11.4 Å². The lowest BCUT2D eigenvalue weighted by molar-refractivity contribution is -0.117. The molecule has 0 atom stereocenters. The molecule has 2 aromatic rings. The molecule has 2 aromatic carbocycles. The summed E-state index contributed by atoms with van der Waals surface area (Å²) in [6.07, 6.45) is 1.34. The molecular formula is C18H13F3N2OS. The molecule has 1 N–H and O–H groups in total. The first-order valence-corrected chi connectivity index (χ1v) is 7.99. The highest BCUT2D eigenvalue weighted by atomic mass is 32.2. The van der Waals surface area contributed by atoms with Crippen molar-refractivity contribution in [1.82, 2.24) is 5.32 Å². The normalized spacial score (nSPS) is 11.7. The van der Waals surface area contributed by atoms with E-state index in [0.717, 1.165) is 5.56 Å². The van der Waals surface area contributed by atoms with Gasteiger partial charge in [-0.1, -0.05) is 42.5 Å². The lowest BCUT2D eigenvalue weighted by atomic mass is 10.1. The van der Waals surface area contributed by atoms with Crippen molar-refractivity contribution in [1.29, 1.82) is 5.26 Å². The number of benzene rings is 2. The van der Waals surface area contributed by atoms with Crippen LogP contribution in [0.2, 0.25) is 0 Å². The Balaban J connectivity index is 2.03. The van der Waals surface area contributed by atoms with Gasteiger partial charge < -0.3 is 5.32 Å². The highest BCUT2D eigenvalue weighted by molar-refractivity contribution is 8.00. The van der Waals surface area contributed by atoms with Gasteiger partial charge in [-0.05, 0) is 41.1 Å². The number of amides is 1. The van der Waals surface area contributed by atoms with Crippen molar-refractivity contribution < 1.29 is 18.0 Å². The maximum Gasteiger partial charge on any atom is 0.446 e. The summed E-state index contributed by atoms with van der Waals surface area (Å²) in [6.45, 7) is 0.278. The number of hydrogen-bond acceptors (Lipinski definition) is 3. The molecule has 7 heteroatoms. The van der Waals surface area contributed by atoms with E-state index in [1.54, 1.807) is 6.07 Å². The number of carbonyl (C=O) groups excluding carboxylic acids is 1. The molecule has 0 spiro atoms. The highest BCUT2D eigenvalue weighted by Gasteiger charge is 2.28. The van der Waals surface area contributed by atoms with Gasteiger partial charge >= 0.3 is 5.51 Å². The summed E-state index contributed by atoms with van der Waals surface area (Å²) < 4.78 is 36.9. The second-order valence-corrected chi connectivity index (χ2v) is 6.09. The molecule has 0 bridgehead atoms. The lowest BCUT2D eigenvalue weighted by Crippen LogP contribution is -2.23. The highest BCUT2D eigenvalue weighted by Crippen LogP contribution is 2.36. The first-order chi connectivity index (χ1) is 11.9. The zero-order valence-electron chi connectivity index (χ0n) is 12.9. The number of carbonyl (C=O) groups is 1. The number of rotatable bonds is 5. The van der Waals surface area contributed by atoms with Gasteiger partial charge in [0.2, 0.25) is 0 Å². The Morgan fingerprint density at radius 3 is 2.32 bits per heavy atom. The number of thioether (sulfide) groups is 1. The third-order valence-corrected chi connectivity index (χ3v) is 3.82. The van der Waals surface area contributed by atoms with Crippen molar-refractivity contribution in [2.45, 2.75) is 16.9 Å². The fourth-order valence-electron chi connectivity index (χ4n) is 1.95. The van der Waals surface area contributed by atoms with Gasteiger partial charge in [0.15, 0.2) is 0 Å². The minimum atomic E-state index is -4.35. The topological polar surface area (TPSA) is 52.9 Å². The van der Waals surface area contributed by atoms with Crippen LogP contribution < -0.4 is 5.32 Å². The van der Waals surface area contributed by atoms with E-state index in [0.29, 0.717) is 5.56 Å². The molecule has 0 unspecified atom stereocenters. The fraction of sp³-hybridized carbons (Fsp3) is 0.111. The van der Waals surface area contributed by atoms with Crippen molar-refractivity contribution in [3.63, 3.8) is 0 Å². The van der Waals surface area contributed by atoms with Crippen LogP contribution in [0.15, 0.2) is 65.1 Å². The van der Waals surface area contributed by atoms with Crippen LogP contribution in [-0.2, 0) is 11.3 Å². The van der Waals surface area contributed by atoms with Gasteiger partial charge in [-0.2, -0.15) is 18.4 Å². The minimum absolute atomic E-state index is 0.0386. The Morgan fingerprint density at radius 2 is 1.76 bits per heavy atom. The standard InChI is InChI=1S/C18H13F3N2OS/c19-18(20,21)25-16-8-6-13(7-9-16)10-15(11-22)17(24)23-12-14-4-2-1-3-5-14/h1-10H,12H2,(H,23,24)/b15-10+. The van der Waals surface area contributed by atoms with Gasteiger partial charge in [-0.25, -0.2) is 0 Å². The van der Waals surface area contributed by atoms with E-state index < -0.39 is 11.4 Å². The molecule has 0 saturated carbocycles. The van der Waals surface area contributed by atoms with Gasteiger partial charge in [-0.15, -0.1) is 0 Å². The molecule has 0 fully saturated rings. The monoisotopic (exact) mass is 362 g/mol. The van der Waals surface area contributed by atoms with Crippen molar-refractivity contribution in [3.05, 3.63) is 71.3 Å². The van der Waals surface area contributed by atoms with E-state index in [2.05, 4.69) is 5.32 Å². The molecule has 25 heavy (non-hydrogen) atoms. The zero-order valence-corrected chi connectivity index (χ0v) is 13.7. The summed E-state index contributed by atoms with van der Waals surface area (Å²) in [5.41, 5.74) is -3.11. The van der Waals surface area contributed by atoms with Gasteiger partial charge in [-0.3, -0.25) is 4.79 Å². The minimum Gasteiger partial charge on any atom is -0.347 e. The molecule has 128 valence electrons. The first-order valence-electron chi connectivity index (χ1n) is 7.17. The Hall–Kier alpha value is -2.72. The van der Waals surface area contributed by atoms with Crippen LogP contribution in [0.3, 0.4) is 0 Å². The maximum absolute atomic E-state index is 12.3.